The molecule has 0 spiro atoms. The molecule has 2 rings (SSSR count). The Morgan fingerprint density at radius 1 is 1.15 bits per heavy atom. The van der Waals surface area contributed by atoms with Gasteiger partial charge in [-0.05, 0) is 44.2 Å². The maximum atomic E-state index is 5.91. The van der Waals surface area contributed by atoms with E-state index in [0.29, 0.717) is 6.10 Å². The van der Waals surface area contributed by atoms with Crippen LogP contribution in [0.1, 0.15) is 31.2 Å². The van der Waals surface area contributed by atoms with Crippen molar-refractivity contribution < 1.29 is 4.74 Å². The molecule has 0 atom stereocenters. The summed E-state index contributed by atoms with van der Waals surface area (Å²) < 4.78 is 5.91. The van der Waals surface area contributed by atoms with E-state index in [9.17, 15) is 0 Å². The van der Waals surface area contributed by atoms with Crippen LogP contribution in [0.15, 0.2) is 24.3 Å². The summed E-state index contributed by atoms with van der Waals surface area (Å²) in [5, 5.41) is 0. The van der Waals surface area contributed by atoms with Crippen LogP contribution in [-0.2, 0) is 0 Å². The molecular formula is C12H16O. The summed E-state index contributed by atoms with van der Waals surface area (Å²) in [5.74, 6) is 1.06. The van der Waals surface area contributed by atoms with Gasteiger partial charge in [-0.2, -0.15) is 0 Å². The van der Waals surface area contributed by atoms with Gasteiger partial charge in [0.1, 0.15) is 5.75 Å². The highest BCUT2D eigenvalue weighted by atomic mass is 16.5. The Hall–Kier alpha value is -0.980. The molecule has 13 heavy (non-hydrogen) atoms. The molecule has 1 aliphatic carbocycles. The molecule has 0 aromatic heterocycles. The highest BCUT2D eigenvalue weighted by Gasteiger charge is 2.16. The minimum atomic E-state index is 0.473. The van der Waals surface area contributed by atoms with Gasteiger partial charge in [-0.3, -0.25) is 0 Å². The Bertz CT molecular complexity index is 274. The maximum Gasteiger partial charge on any atom is 0.122 e. The van der Waals surface area contributed by atoms with Gasteiger partial charge in [-0.15, -0.1) is 0 Å². The molecule has 0 aliphatic heterocycles. The fourth-order valence-electron chi connectivity index (χ4n) is 1.87. The number of rotatable bonds is 2. The highest BCUT2D eigenvalue weighted by molar-refractivity contribution is 5.31. The third-order valence-corrected chi connectivity index (χ3v) is 2.69. The number of ether oxygens (including phenoxy) is 1. The predicted octanol–water partition coefficient (Wildman–Crippen LogP) is 3.32. The predicted molar refractivity (Wildman–Crippen MR) is 54.1 cm³/mol. The highest BCUT2D eigenvalue weighted by Crippen LogP contribution is 2.25. The van der Waals surface area contributed by atoms with Gasteiger partial charge >= 0.3 is 0 Å². The number of para-hydroxylation sites is 1. The van der Waals surface area contributed by atoms with Crippen molar-refractivity contribution in [1.29, 1.82) is 0 Å². The van der Waals surface area contributed by atoms with E-state index >= 15 is 0 Å². The molecule has 1 nitrogen and oxygen atoms in total. The van der Waals surface area contributed by atoms with E-state index in [4.69, 9.17) is 4.74 Å². The lowest BCUT2D eigenvalue weighted by molar-refractivity contribution is 0.208. The summed E-state index contributed by atoms with van der Waals surface area (Å²) in [5.41, 5.74) is 1.24. The third-order valence-electron chi connectivity index (χ3n) is 2.69. The van der Waals surface area contributed by atoms with Crippen molar-refractivity contribution in [1.82, 2.24) is 0 Å². The van der Waals surface area contributed by atoms with Crippen molar-refractivity contribution in [2.45, 2.75) is 38.7 Å². The molecule has 0 N–H and O–H groups in total. The number of hydrogen-bond donors (Lipinski definition) is 0. The fourth-order valence-corrected chi connectivity index (χ4v) is 1.87. The molecule has 1 aromatic rings. The van der Waals surface area contributed by atoms with Crippen LogP contribution >= 0.6 is 0 Å². The molecule has 1 aliphatic rings. The average Bonchev–Trinajstić information content (AvgIpc) is 2.61. The van der Waals surface area contributed by atoms with Crippen molar-refractivity contribution in [3.8, 4) is 5.75 Å². The first kappa shape index (κ1) is 8.61. The van der Waals surface area contributed by atoms with E-state index < -0.39 is 0 Å². The smallest absolute Gasteiger partial charge is 0.122 e. The summed E-state index contributed by atoms with van der Waals surface area (Å²) in [6.45, 7) is 2.10. The van der Waals surface area contributed by atoms with Crippen LogP contribution < -0.4 is 4.74 Å². The van der Waals surface area contributed by atoms with Crippen LogP contribution in [0.25, 0.3) is 0 Å². The van der Waals surface area contributed by atoms with E-state index in [1.807, 2.05) is 6.07 Å². The van der Waals surface area contributed by atoms with Gasteiger partial charge in [0.25, 0.3) is 0 Å². The zero-order valence-corrected chi connectivity index (χ0v) is 8.12. The van der Waals surface area contributed by atoms with Gasteiger partial charge < -0.3 is 4.74 Å². The van der Waals surface area contributed by atoms with E-state index in [0.717, 1.165) is 5.75 Å². The van der Waals surface area contributed by atoms with Crippen LogP contribution in [0.2, 0.25) is 0 Å². The van der Waals surface area contributed by atoms with E-state index in [1.54, 1.807) is 0 Å². The van der Waals surface area contributed by atoms with Crippen molar-refractivity contribution in [2.24, 2.45) is 0 Å². The van der Waals surface area contributed by atoms with Gasteiger partial charge in [0.2, 0.25) is 0 Å². The van der Waals surface area contributed by atoms with Gasteiger partial charge in [0.15, 0.2) is 0 Å². The summed E-state index contributed by atoms with van der Waals surface area (Å²) in [7, 11) is 0. The zero-order chi connectivity index (χ0) is 9.10. The van der Waals surface area contributed by atoms with Crippen LogP contribution in [0.5, 0.6) is 5.75 Å². The quantitative estimate of drug-likeness (QED) is 0.671. The maximum absolute atomic E-state index is 5.91. The molecule has 0 radical (unpaired) electrons. The molecule has 1 aromatic carbocycles. The average molecular weight is 176 g/mol. The Labute approximate surface area is 79.7 Å². The minimum Gasteiger partial charge on any atom is -0.490 e. The number of benzene rings is 1. The first-order valence-electron chi connectivity index (χ1n) is 5.08. The molecule has 0 heterocycles. The summed E-state index contributed by atoms with van der Waals surface area (Å²) in [6, 6.07) is 8.26. The SMILES string of the molecule is Cc1ccccc1OC1CCCC1. The molecule has 1 saturated carbocycles. The van der Waals surface area contributed by atoms with Crippen LogP contribution in [0.3, 0.4) is 0 Å². The molecular weight excluding hydrogens is 160 g/mol. The lowest BCUT2D eigenvalue weighted by Crippen LogP contribution is -2.11. The largest absolute Gasteiger partial charge is 0.490 e. The van der Waals surface area contributed by atoms with Crippen molar-refractivity contribution in [3.05, 3.63) is 29.8 Å². The van der Waals surface area contributed by atoms with Crippen molar-refractivity contribution in [3.63, 3.8) is 0 Å². The molecule has 0 bridgehead atoms. The van der Waals surface area contributed by atoms with Crippen LogP contribution in [0.4, 0.5) is 0 Å². The lowest BCUT2D eigenvalue weighted by atomic mass is 10.2. The first-order chi connectivity index (χ1) is 6.36. The molecule has 0 amide bonds. The Kier molecular flexibility index (Phi) is 2.53. The Morgan fingerprint density at radius 2 is 1.85 bits per heavy atom. The molecule has 70 valence electrons. The fraction of sp³-hybridized carbons (Fsp3) is 0.500. The van der Waals surface area contributed by atoms with E-state index in [2.05, 4.69) is 25.1 Å². The summed E-state index contributed by atoms with van der Waals surface area (Å²) in [4.78, 5) is 0. The summed E-state index contributed by atoms with van der Waals surface area (Å²) in [6.07, 6.45) is 5.59. The second-order valence-corrected chi connectivity index (χ2v) is 3.79. The van der Waals surface area contributed by atoms with E-state index in [-0.39, 0.29) is 0 Å². The molecule has 1 fully saturated rings. The zero-order valence-electron chi connectivity index (χ0n) is 8.12. The van der Waals surface area contributed by atoms with Crippen LogP contribution in [0, 0.1) is 6.92 Å². The second kappa shape index (κ2) is 3.82. The monoisotopic (exact) mass is 176 g/mol. The third kappa shape index (κ3) is 2.03. The minimum absolute atomic E-state index is 0.473. The summed E-state index contributed by atoms with van der Waals surface area (Å²) >= 11 is 0. The van der Waals surface area contributed by atoms with Gasteiger partial charge in [0.05, 0.1) is 6.10 Å². The van der Waals surface area contributed by atoms with Gasteiger partial charge in [0, 0.05) is 0 Å². The Morgan fingerprint density at radius 3 is 2.54 bits per heavy atom. The molecule has 0 saturated heterocycles. The molecule has 0 unspecified atom stereocenters. The first-order valence-corrected chi connectivity index (χ1v) is 5.08. The number of aryl methyl sites for hydroxylation is 1. The van der Waals surface area contributed by atoms with Gasteiger partial charge in [-0.1, -0.05) is 18.2 Å². The lowest BCUT2D eigenvalue weighted by Gasteiger charge is -2.14. The van der Waals surface area contributed by atoms with Crippen molar-refractivity contribution >= 4 is 0 Å². The van der Waals surface area contributed by atoms with Crippen LogP contribution in [-0.4, -0.2) is 6.10 Å². The normalized spacial score (nSPS) is 17.6. The molecule has 1 heteroatoms. The van der Waals surface area contributed by atoms with E-state index in [1.165, 1.54) is 31.2 Å². The van der Waals surface area contributed by atoms with Gasteiger partial charge in [-0.25, -0.2) is 0 Å². The topological polar surface area (TPSA) is 9.23 Å². The standard InChI is InChI=1S/C12H16O/c1-10-6-2-5-9-12(10)13-11-7-3-4-8-11/h2,5-6,9,11H,3-4,7-8H2,1H3. The second-order valence-electron chi connectivity index (χ2n) is 3.79. The van der Waals surface area contributed by atoms with Crippen molar-refractivity contribution in [2.75, 3.05) is 0 Å². The number of hydrogen-bond acceptors (Lipinski definition) is 1. The Balaban J connectivity index is 2.04.